The molecule has 1 fully saturated rings. The van der Waals surface area contributed by atoms with E-state index in [9.17, 15) is 13.2 Å². The van der Waals surface area contributed by atoms with Gasteiger partial charge in [0.25, 0.3) is 0 Å². The van der Waals surface area contributed by atoms with Crippen molar-refractivity contribution in [2.24, 2.45) is 0 Å². The van der Waals surface area contributed by atoms with Gasteiger partial charge in [-0.05, 0) is 57.5 Å². The van der Waals surface area contributed by atoms with Crippen molar-refractivity contribution in [2.45, 2.75) is 44.3 Å². The molecule has 1 aliphatic rings. The van der Waals surface area contributed by atoms with Gasteiger partial charge in [0.05, 0.1) is 5.56 Å². The maximum atomic E-state index is 12.8. The SMILES string of the molecule is CCN(C)[C@@]1(CCc2cccc(C(F)(F)F)c2)CCCNC1. The van der Waals surface area contributed by atoms with Crippen molar-refractivity contribution in [3.63, 3.8) is 0 Å². The van der Waals surface area contributed by atoms with E-state index in [0.717, 1.165) is 50.5 Å². The van der Waals surface area contributed by atoms with Crippen molar-refractivity contribution < 1.29 is 13.2 Å². The maximum Gasteiger partial charge on any atom is 0.416 e. The van der Waals surface area contributed by atoms with Crippen LogP contribution in [0.2, 0.25) is 0 Å². The lowest BCUT2D eigenvalue weighted by Gasteiger charge is -2.45. The number of likely N-dealkylation sites (N-methyl/N-ethyl adjacent to an activating group) is 1. The molecule has 0 bridgehead atoms. The summed E-state index contributed by atoms with van der Waals surface area (Å²) in [6, 6.07) is 5.73. The Bertz CT molecular complexity index is 479. The fraction of sp³-hybridized carbons (Fsp3) is 0.647. The van der Waals surface area contributed by atoms with Crippen molar-refractivity contribution in [3.05, 3.63) is 35.4 Å². The van der Waals surface area contributed by atoms with Gasteiger partial charge in [0.1, 0.15) is 0 Å². The normalized spacial score (nSPS) is 23.0. The summed E-state index contributed by atoms with van der Waals surface area (Å²) in [4.78, 5) is 2.34. The van der Waals surface area contributed by atoms with Crippen LogP contribution in [-0.2, 0) is 12.6 Å². The van der Waals surface area contributed by atoms with Gasteiger partial charge in [0.2, 0.25) is 0 Å². The molecule has 0 radical (unpaired) electrons. The highest BCUT2D eigenvalue weighted by Crippen LogP contribution is 2.31. The molecule has 1 aromatic carbocycles. The molecule has 0 aromatic heterocycles. The van der Waals surface area contributed by atoms with Crippen LogP contribution in [0.1, 0.15) is 37.3 Å². The van der Waals surface area contributed by atoms with E-state index in [2.05, 4.69) is 24.2 Å². The zero-order valence-electron chi connectivity index (χ0n) is 13.3. The monoisotopic (exact) mass is 314 g/mol. The van der Waals surface area contributed by atoms with Crippen LogP contribution in [0.25, 0.3) is 0 Å². The lowest BCUT2D eigenvalue weighted by Crippen LogP contribution is -2.56. The number of aryl methyl sites for hydroxylation is 1. The molecule has 1 heterocycles. The molecular formula is C17H25F3N2. The second-order valence-electron chi connectivity index (χ2n) is 6.22. The predicted octanol–water partition coefficient (Wildman–Crippen LogP) is 3.71. The van der Waals surface area contributed by atoms with Crippen molar-refractivity contribution in [1.29, 1.82) is 0 Å². The Hall–Kier alpha value is -1.07. The number of hydrogen-bond acceptors (Lipinski definition) is 2. The quantitative estimate of drug-likeness (QED) is 0.891. The van der Waals surface area contributed by atoms with E-state index >= 15 is 0 Å². The number of nitrogens with one attached hydrogen (secondary N) is 1. The molecule has 2 rings (SSSR count). The highest BCUT2D eigenvalue weighted by molar-refractivity contribution is 5.26. The topological polar surface area (TPSA) is 15.3 Å². The van der Waals surface area contributed by atoms with Gasteiger partial charge in [0.15, 0.2) is 0 Å². The van der Waals surface area contributed by atoms with Crippen LogP contribution < -0.4 is 5.32 Å². The first kappa shape index (κ1) is 17.3. The van der Waals surface area contributed by atoms with Crippen LogP contribution in [0.4, 0.5) is 13.2 Å². The molecule has 1 atom stereocenters. The minimum absolute atomic E-state index is 0.0568. The summed E-state index contributed by atoms with van der Waals surface area (Å²) in [5.74, 6) is 0. The van der Waals surface area contributed by atoms with Crippen molar-refractivity contribution in [2.75, 3.05) is 26.7 Å². The van der Waals surface area contributed by atoms with Gasteiger partial charge in [-0.1, -0.05) is 25.1 Å². The summed E-state index contributed by atoms with van der Waals surface area (Å²) >= 11 is 0. The van der Waals surface area contributed by atoms with Crippen LogP contribution in [-0.4, -0.2) is 37.1 Å². The molecule has 1 N–H and O–H groups in total. The number of nitrogens with zero attached hydrogens (tertiary/aromatic N) is 1. The third-order valence-corrected chi connectivity index (χ3v) is 4.87. The number of alkyl halides is 3. The van der Waals surface area contributed by atoms with Crippen molar-refractivity contribution in [1.82, 2.24) is 10.2 Å². The third kappa shape index (κ3) is 4.02. The average molecular weight is 314 g/mol. The van der Waals surface area contributed by atoms with Crippen molar-refractivity contribution in [3.8, 4) is 0 Å². The Balaban J connectivity index is 2.09. The van der Waals surface area contributed by atoms with Gasteiger partial charge >= 0.3 is 6.18 Å². The first-order chi connectivity index (χ1) is 10.4. The fourth-order valence-electron chi connectivity index (χ4n) is 3.30. The van der Waals surface area contributed by atoms with Crippen LogP contribution in [0.3, 0.4) is 0 Å². The van der Waals surface area contributed by atoms with E-state index in [4.69, 9.17) is 0 Å². The number of benzene rings is 1. The fourth-order valence-corrected chi connectivity index (χ4v) is 3.30. The summed E-state index contributed by atoms with van der Waals surface area (Å²) in [6.07, 6.45) is -0.488. The Morgan fingerprint density at radius 1 is 1.32 bits per heavy atom. The van der Waals surface area contributed by atoms with Gasteiger partial charge < -0.3 is 5.32 Å². The summed E-state index contributed by atoms with van der Waals surface area (Å²) in [5, 5.41) is 3.44. The molecule has 1 saturated heterocycles. The van der Waals surface area contributed by atoms with Gasteiger partial charge in [-0.15, -0.1) is 0 Å². The van der Waals surface area contributed by atoms with Crippen LogP contribution >= 0.6 is 0 Å². The molecule has 124 valence electrons. The zero-order chi connectivity index (χ0) is 16.2. The molecular weight excluding hydrogens is 289 g/mol. The molecule has 0 spiro atoms. The number of piperidine rings is 1. The van der Waals surface area contributed by atoms with Gasteiger partial charge in [-0.3, -0.25) is 4.90 Å². The largest absolute Gasteiger partial charge is 0.416 e. The maximum absolute atomic E-state index is 12.8. The van der Waals surface area contributed by atoms with E-state index in [1.54, 1.807) is 6.07 Å². The van der Waals surface area contributed by atoms with E-state index in [1.807, 2.05) is 0 Å². The van der Waals surface area contributed by atoms with Crippen LogP contribution in [0.15, 0.2) is 24.3 Å². The summed E-state index contributed by atoms with van der Waals surface area (Å²) in [5.41, 5.74) is 0.273. The van der Waals surface area contributed by atoms with Crippen molar-refractivity contribution >= 4 is 0 Å². The molecule has 1 aromatic rings. The molecule has 1 aliphatic heterocycles. The lowest BCUT2D eigenvalue weighted by atomic mass is 9.83. The van der Waals surface area contributed by atoms with Crippen LogP contribution in [0, 0.1) is 0 Å². The smallest absolute Gasteiger partial charge is 0.315 e. The minimum Gasteiger partial charge on any atom is -0.315 e. The van der Waals surface area contributed by atoms with E-state index < -0.39 is 11.7 Å². The highest BCUT2D eigenvalue weighted by atomic mass is 19.4. The van der Waals surface area contributed by atoms with E-state index in [0.29, 0.717) is 6.42 Å². The van der Waals surface area contributed by atoms with Gasteiger partial charge in [-0.2, -0.15) is 13.2 Å². The number of rotatable bonds is 5. The molecule has 5 heteroatoms. The number of hydrogen-bond donors (Lipinski definition) is 1. The molecule has 2 nitrogen and oxygen atoms in total. The Morgan fingerprint density at radius 3 is 2.68 bits per heavy atom. The molecule has 0 amide bonds. The summed E-state index contributed by atoms with van der Waals surface area (Å²) in [7, 11) is 2.11. The van der Waals surface area contributed by atoms with Crippen LogP contribution in [0.5, 0.6) is 0 Å². The zero-order valence-corrected chi connectivity index (χ0v) is 13.3. The molecule has 0 aliphatic carbocycles. The first-order valence-electron chi connectivity index (χ1n) is 7.95. The van der Waals surface area contributed by atoms with Gasteiger partial charge in [-0.25, -0.2) is 0 Å². The Kier molecular flexibility index (Phi) is 5.50. The van der Waals surface area contributed by atoms with E-state index in [-0.39, 0.29) is 5.54 Å². The van der Waals surface area contributed by atoms with Gasteiger partial charge in [0, 0.05) is 12.1 Å². The lowest BCUT2D eigenvalue weighted by molar-refractivity contribution is -0.137. The predicted molar refractivity (Wildman–Crippen MR) is 82.9 cm³/mol. The molecule has 0 unspecified atom stereocenters. The molecule has 22 heavy (non-hydrogen) atoms. The minimum atomic E-state index is -4.26. The number of halogens is 3. The second kappa shape index (κ2) is 7.01. The Morgan fingerprint density at radius 2 is 2.09 bits per heavy atom. The second-order valence-corrected chi connectivity index (χ2v) is 6.22. The average Bonchev–Trinajstić information content (AvgIpc) is 2.52. The van der Waals surface area contributed by atoms with E-state index in [1.165, 1.54) is 12.1 Å². The standard InChI is InChI=1S/C17H25F3N2/c1-3-22(2)16(9-5-11-21-13-16)10-8-14-6-4-7-15(12-14)17(18,19)20/h4,6-7,12,21H,3,5,8-11,13H2,1-2H3/t16-/m1/s1. The molecule has 0 saturated carbocycles. The summed E-state index contributed by atoms with van der Waals surface area (Å²) in [6.45, 7) is 5.02. The third-order valence-electron chi connectivity index (χ3n) is 4.87. The summed E-state index contributed by atoms with van der Waals surface area (Å²) < 4.78 is 38.4. The highest BCUT2D eigenvalue weighted by Gasteiger charge is 2.35. The first-order valence-corrected chi connectivity index (χ1v) is 7.95. The Labute approximate surface area is 130 Å².